The number of aliphatic hydroxyl groups excluding tert-OH is 1. The molecule has 32 heavy (non-hydrogen) atoms. The predicted molar refractivity (Wildman–Crippen MR) is 126 cm³/mol. The third-order valence-corrected chi connectivity index (χ3v) is 6.61. The van der Waals surface area contributed by atoms with Gasteiger partial charge in [0.15, 0.2) is 5.78 Å². The number of nitriles is 1. The van der Waals surface area contributed by atoms with Gasteiger partial charge in [-0.25, -0.2) is 0 Å². The molecule has 0 radical (unpaired) electrons. The number of likely N-dealkylation sites (tertiary alicyclic amines) is 1. The molecule has 170 valence electrons. The Labute approximate surface area is 195 Å². The van der Waals surface area contributed by atoms with Crippen molar-refractivity contribution in [3.05, 3.63) is 58.6 Å². The minimum Gasteiger partial charge on any atom is -0.454 e. The fraction of sp³-hybridized carbons (Fsp3) is 0.462. The number of hydrogen-bond acceptors (Lipinski definition) is 5. The van der Waals surface area contributed by atoms with Crippen LogP contribution in [0.2, 0.25) is 5.02 Å². The molecule has 0 saturated carbocycles. The molecule has 1 fully saturated rings. The number of β-amino-alcohol motifs (C(OH)–C–C–N with tert-alkyl or cyclic N) is 1. The number of para-hydroxylation sites is 1. The van der Waals surface area contributed by atoms with Crippen molar-refractivity contribution in [1.29, 1.82) is 5.26 Å². The number of carbonyl (C=O) groups excluding carboxylic acids is 1. The summed E-state index contributed by atoms with van der Waals surface area (Å²) < 4.78 is 5.81. The Morgan fingerprint density at radius 1 is 1.16 bits per heavy atom. The standard InChI is InChI=1S/C26H31ClN2O3/c1-25(2)15-18(16-26(3,4)29(25)11-12-30)13-22(31)19-9-10-24(21(27)14-19)32-23-8-6-5-7-20(23)17-28/h5-10,14,18,30H,11-13,15-16H2,1-4H3. The zero-order chi connectivity index (χ0) is 23.5. The minimum atomic E-state index is -0.0983. The number of ketones is 1. The molecule has 0 unspecified atom stereocenters. The molecule has 1 aliphatic heterocycles. The molecule has 1 N–H and O–H groups in total. The highest BCUT2D eigenvalue weighted by atomic mass is 35.5. The zero-order valence-electron chi connectivity index (χ0n) is 19.2. The van der Waals surface area contributed by atoms with Gasteiger partial charge in [-0.15, -0.1) is 0 Å². The first-order valence-corrected chi connectivity index (χ1v) is 11.3. The smallest absolute Gasteiger partial charge is 0.163 e. The molecule has 0 atom stereocenters. The Hall–Kier alpha value is -2.39. The van der Waals surface area contributed by atoms with Gasteiger partial charge in [0.1, 0.15) is 17.6 Å². The van der Waals surface area contributed by atoms with E-state index in [0.29, 0.717) is 40.6 Å². The number of piperidine rings is 1. The van der Waals surface area contributed by atoms with Gasteiger partial charge in [0.2, 0.25) is 0 Å². The van der Waals surface area contributed by atoms with Crippen LogP contribution >= 0.6 is 11.6 Å². The van der Waals surface area contributed by atoms with Gasteiger partial charge in [0.25, 0.3) is 0 Å². The second-order valence-electron chi connectivity index (χ2n) is 9.76. The molecule has 0 spiro atoms. The van der Waals surface area contributed by atoms with Crippen molar-refractivity contribution in [3.63, 3.8) is 0 Å². The summed E-state index contributed by atoms with van der Waals surface area (Å²) in [5, 5.41) is 19.0. The van der Waals surface area contributed by atoms with Crippen molar-refractivity contribution >= 4 is 17.4 Å². The number of nitrogens with zero attached hydrogens (tertiary/aromatic N) is 2. The lowest BCUT2D eigenvalue weighted by Gasteiger charge is -2.55. The van der Waals surface area contributed by atoms with Crippen molar-refractivity contribution in [3.8, 4) is 17.6 Å². The van der Waals surface area contributed by atoms with Gasteiger partial charge >= 0.3 is 0 Å². The van der Waals surface area contributed by atoms with Crippen LogP contribution in [0.5, 0.6) is 11.5 Å². The maximum atomic E-state index is 13.1. The molecule has 2 aromatic carbocycles. The zero-order valence-corrected chi connectivity index (χ0v) is 19.9. The minimum absolute atomic E-state index is 0.0584. The van der Waals surface area contributed by atoms with E-state index in [1.807, 2.05) is 0 Å². The van der Waals surface area contributed by atoms with Gasteiger partial charge in [-0.05, 0) is 76.8 Å². The normalized spacial score (nSPS) is 18.2. The Kier molecular flexibility index (Phi) is 7.29. The summed E-state index contributed by atoms with van der Waals surface area (Å²) in [6, 6.07) is 14.1. The second kappa shape index (κ2) is 9.62. The van der Waals surface area contributed by atoms with Crippen molar-refractivity contribution in [2.45, 2.75) is 58.0 Å². The van der Waals surface area contributed by atoms with Crippen LogP contribution in [0, 0.1) is 17.2 Å². The summed E-state index contributed by atoms with van der Waals surface area (Å²) >= 11 is 6.42. The summed E-state index contributed by atoms with van der Waals surface area (Å²) in [5.41, 5.74) is 0.781. The first-order chi connectivity index (χ1) is 15.1. The van der Waals surface area contributed by atoms with Crippen LogP contribution in [-0.2, 0) is 0 Å². The summed E-state index contributed by atoms with van der Waals surface area (Å²) in [4.78, 5) is 15.4. The number of carbonyl (C=O) groups is 1. The molecule has 5 nitrogen and oxygen atoms in total. The molecule has 0 aliphatic carbocycles. The van der Waals surface area contributed by atoms with Crippen molar-refractivity contribution in [2.24, 2.45) is 5.92 Å². The highest BCUT2D eigenvalue weighted by Crippen LogP contribution is 2.43. The average molecular weight is 455 g/mol. The lowest BCUT2D eigenvalue weighted by atomic mass is 9.72. The summed E-state index contributed by atoms with van der Waals surface area (Å²) in [7, 11) is 0. The molecule has 0 bridgehead atoms. The maximum absolute atomic E-state index is 13.1. The van der Waals surface area contributed by atoms with Gasteiger partial charge in [-0.3, -0.25) is 9.69 Å². The Morgan fingerprint density at radius 2 is 1.81 bits per heavy atom. The van der Waals surface area contributed by atoms with Crippen LogP contribution < -0.4 is 4.74 Å². The van der Waals surface area contributed by atoms with Gasteiger partial charge < -0.3 is 9.84 Å². The fourth-order valence-corrected chi connectivity index (χ4v) is 5.50. The van der Waals surface area contributed by atoms with E-state index in [4.69, 9.17) is 16.3 Å². The average Bonchev–Trinajstić information content (AvgIpc) is 2.72. The number of hydrogen-bond donors (Lipinski definition) is 1. The van der Waals surface area contributed by atoms with E-state index in [9.17, 15) is 15.2 Å². The van der Waals surface area contributed by atoms with Gasteiger partial charge in [-0.2, -0.15) is 5.26 Å². The lowest BCUT2D eigenvalue weighted by molar-refractivity contribution is -0.0588. The molecule has 2 aromatic rings. The Morgan fingerprint density at radius 3 is 2.41 bits per heavy atom. The fourth-order valence-electron chi connectivity index (χ4n) is 5.28. The van der Waals surface area contributed by atoms with Gasteiger partial charge in [-0.1, -0.05) is 23.7 Å². The predicted octanol–water partition coefficient (Wildman–Crippen LogP) is 5.84. The van der Waals surface area contributed by atoms with E-state index >= 15 is 0 Å². The number of aliphatic hydroxyl groups is 1. The van der Waals surface area contributed by atoms with E-state index in [1.54, 1.807) is 42.5 Å². The van der Waals surface area contributed by atoms with Crippen molar-refractivity contribution in [1.82, 2.24) is 4.90 Å². The highest BCUT2D eigenvalue weighted by Gasteiger charge is 2.45. The quantitative estimate of drug-likeness (QED) is 0.532. The van der Waals surface area contributed by atoms with E-state index < -0.39 is 0 Å². The van der Waals surface area contributed by atoms with Gasteiger partial charge in [0, 0.05) is 29.6 Å². The summed E-state index contributed by atoms with van der Waals surface area (Å²) in [5.74, 6) is 1.14. The second-order valence-corrected chi connectivity index (χ2v) is 10.2. The largest absolute Gasteiger partial charge is 0.454 e. The first kappa shape index (κ1) is 24.3. The summed E-state index contributed by atoms with van der Waals surface area (Å²) in [6.45, 7) is 9.49. The van der Waals surface area contributed by atoms with Crippen LogP contribution in [0.4, 0.5) is 0 Å². The third-order valence-electron chi connectivity index (χ3n) is 6.32. The molecular weight excluding hydrogens is 424 g/mol. The highest BCUT2D eigenvalue weighted by molar-refractivity contribution is 6.32. The van der Waals surface area contributed by atoms with Gasteiger partial charge in [0.05, 0.1) is 17.2 Å². The molecular formula is C26H31ClN2O3. The topological polar surface area (TPSA) is 73.6 Å². The van der Waals surface area contributed by atoms with E-state index in [0.717, 1.165) is 12.8 Å². The van der Waals surface area contributed by atoms with E-state index in [1.165, 1.54) is 0 Å². The molecule has 0 amide bonds. The van der Waals surface area contributed by atoms with E-state index in [2.05, 4.69) is 38.7 Å². The first-order valence-electron chi connectivity index (χ1n) is 11.0. The Balaban J connectivity index is 1.72. The molecule has 1 aliphatic rings. The number of ether oxygens (including phenoxy) is 1. The van der Waals surface area contributed by atoms with Crippen molar-refractivity contribution in [2.75, 3.05) is 13.2 Å². The van der Waals surface area contributed by atoms with Crippen LogP contribution in [0.3, 0.4) is 0 Å². The van der Waals surface area contributed by atoms with Crippen LogP contribution in [0.15, 0.2) is 42.5 Å². The number of halogens is 1. The molecule has 1 heterocycles. The van der Waals surface area contributed by atoms with Crippen molar-refractivity contribution < 1.29 is 14.6 Å². The number of Topliss-reactive ketones (excluding diaryl/α,β-unsaturated/α-hetero) is 1. The maximum Gasteiger partial charge on any atom is 0.163 e. The molecule has 1 saturated heterocycles. The molecule has 3 rings (SSSR count). The summed E-state index contributed by atoms with van der Waals surface area (Å²) in [6.07, 6.45) is 2.23. The lowest BCUT2D eigenvalue weighted by Crippen LogP contribution is -2.61. The van der Waals surface area contributed by atoms with Crippen LogP contribution in [0.1, 0.15) is 62.9 Å². The number of benzene rings is 2. The SMILES string of the molecule is CC1(C)CC(CC(=O)c2ccc(Oc3ccccc3C#N)c(Cl)c2)CC(C)(C)N1CCO. The molecule has 0 aromatic heterocycles. The number of rotatable bonds is 7. The third kappa shape index (κ3) is 5.32. The monoisotopic (exact) mass is 454 g/mol. The Bertz CT molecular complexity index is 1010. The van der Waals surface area contributed by atoms with Crippen LogP contribution in [-0.4, -0.2) is 40.0 Å². The molecule has 6 heteroatoms. The van der Waals surface area contributed by atoms with E-state index in [-0.39, 0.29) is 29.4 Å². The van der Waals surface area contributed by atoms with Crippen LogP contribution in [0.25, 0.3) is 0 Å².